The van der Waals surface area contributed by atoms with E-state index in [4.69, 9.17) is 11.6 Å². The lowest BCUT2D eigenvalue weighted by atomic mass is 10.2. The molecule has 0 aliphatic heterocycles. The van der Waals surface area contributed by atoms with Gasteiger partial charge in [-0.2, -0.15) is 0 Å². The summed E-state index contributed by atoms with van der Waals surface area (Å²) < 4.78 is 0. The Bertz CT molecular complexity index is 460. The van der Waals surface area contributed by atoms with Gasteiger partial charge in [0.25, 0.3) is 0 Å². The van der Waals surface area contributed by atoms with E-state index in [1.165, 1.54) is 0 Å². The zero-order chi connectivity index (χ0) is 10.8. The number of nitrogens with one attached hydrogen (secondary N) is 2. The summed E-state index contributed by atoms with van der Waals surface area (Å²) in [6.45, 7) is 2.12. The second kappa shape index (κ2) is 4.21. The number of nitrogens with zero attached hydrogens (tertiary/aromatic N) is 1. The first-order valence-electron chi connectivity index (χ1n) is 5.07. The van der Waals surface area contributed by atoms with Crippen molar-refractivity contribution in [3.63, 3.8) is 0 Å². The molecule has 1 aromatic carbocycles. The first kappa shape index (κ1) is 10.5. The molecule has 0 saturated carbocycles. The van der Waals surface area contributed by atoms with Crippen LogP contribution >= 0.6 is 11.6 Å². The van der Waals surface area contributed by atoms with E-state index in [1.807, 2.05) is 25.2 Å². The molecule has 1 heterocycles. The Morgan fingerprint density at radius 1 is 1.53 bits per heavy atom. The van der Waals surface area contributed by atoms with Crippen LogP contribution in [0.4, 0.5) is 0 Å². The molecule has 2 rings (SSSR count). The molecule has 0 saturated heterocycles. The maximum Gasteiger partial charge on any atom is 0.124 e. The van der Waals surface area contributed by atoms with Gasteiger partial charge in [0, 0.05) is 0 Å². The Labute approximate surface area is 93.9 Å². The molecule has 4 heteroatoms. The second-order valence-corrected chi connectivity index (χ2v) is 3.91. The molecule has 80 valence electrons. The van der Waals surface area contributed by atoms with Gasteiger partial charge in [-0.05, 0) is 25.6 Å². The summed E-state index contributed by atoms with van der Waals surface area (Å²) in [4.78, 5) is 7.78. The van der Waals surface area contributed by atoms with Crippen LogP contribution in [0.1, 0.15) is 25.2 Å². The number of benzene rings is 1. The molecule has 0 bridgehead atoms. The minimum absolute atomic E-state index is 0.258. The first-order chi connectivity index (χ1) is 7.26. The largest absolute Gasteiger partial charge is 0.341 e. The SMILES string of the molecule is CC[C@@H](NC)c1nc2c(Cl)cccc2[nH]1. The van der Waals surface area contributed by atoms with Crippen LogP contribution in [0.2, 0.25) is 5.02 Å². The van der Waals surface area contributed by atoms with Gasteiger partial charge < -0.3 is 10.3 Å². The average Bonchev–Trinajstić information content (AvgIpc) is 2.65. The molecule has 0 radical (unpaired) electrons. The van der Waals surface area contributed by atoms with E-state index in [0.717, 1.165) is 23.3 Å². The van der Waals surface area contributed by atoms with Crippen molar-refractivity contribution in [3.8, 4) is 0 Å². The van der Waals surface area contributed by atoms with Crippen LogP contribution in [0.15, 0.2) is 18.2 Å². The van der Waals surface area contributed by atoms with Crippen molar-refractivity contribution in [2.75, 3.05) is 7.05 Å². The van der Waals surface area contributed by atoms with Crippen molar-refractivity contribution in [2.24, 2.45) is 0 Å². The van der Waals surface area contributed by atoms with Gasteiger partial charge in [-0.25, -0.2) is 4.98 Å². The molecule has 0 aliphatic rings. The van der Waals surface area contributed by atoms with Crippen LogP contribution in [0.5, 0.6) is 0 Å². The maximum atomic E-state index is 6.06. The molecule has 2 N–H and O–H groups in total. The van der Waals surface area contributed by atoms with Crippen LogP contribution in [-0.4, -0.2) is 17.0 Å². The fraction of sp³-hybridized carbons (Fsp3) is 0.364. The monoisotopic (exact) mass is 223 g/mol. The zero-order valence-electron chi connectivity index (χ0n) is 8.84. The molecule has 0 unspecified atom stereocenters. The molecule has 0 amide bonds. The van der Waals surface area contributed by atoms with Gasteiger partial charge >= 0.3 is 0 Å². The molecule has 0 aliphatic carbocycles. The summed E-state index contributed by atoms with van der Waals surface area (Å²) in [6.07, 6.45) is 0.994. The van der Waals surface area contributed by atoms with Gasteiger partial charge in [-0.15, -0.1) is 0 Å². The maximum absolute atomic E-state index is 6.06. The number of H-pyrrole nitrogens is 1. The number of imidazole rings is 1. The minimum atomic E-state index is 0.258. The van der Waals surface area contributed by atoms with E-state index in [1.54, 1.807) is 0 Å². The molecule has 15 heavy (non-hydrogen) atoms. The first-order valence-corrected chi connectivity index (χ1v) is 5.45. The van der Waals surface area contributed by atoms with E-state index in [-0.39, 0.29) is 6.04 Å². The van der Waals surface area contributed by atoms with Crippen LogP contribution in [-0.2, 0) is 0 Å². The van der Waals surface area contributed by atoms with Gasteiger partial charge in [0.05, 0.1) is 16.6 Å². The van der Waals surface area contributed by atoms with Gasteiger partial charge in [0.15, 0.2) is 0 Å². The van der Waals surface area contributed by atoms with E-state index in [0.29, 0.717) is 5.02 Å². The van der Waals surface area contributed by atoms with Gasteiger partial charge in [0.2, 0.25) is 0 Å². The van der Waals surface area contributed by atoms with Crippen molar-refractivity contribution < 1.29 is 0 Å². The Kier molecular flexibility index (Phi) is 2.93. The third kappa shape index (κ3) is 1.85. The number of fused-ring (bicyclic) bond motifs is 1. The number of aromatic amines is 1. The lowest BCUT2D eigenvalue weighted by molar-refractivity contribution is 0.551. The van der Waals surface area contributed by atoms with Crippen molar-refractivity contribution in [1.29, 1.82) is 0 Å². The highest BCUT2D eigenvalue weighted by atomic mass is 35.5. The fourth-order valence-corrected chi connectivity index (χ4v) is 1.93. The van der Waals surface area contributed by atoms with Crippen LogP contribution in [0, 0.1) is 0 Å². The van der Waals surface area contributed by atoms with Crippen molar-refractivity contribution in [1.82, 2.24) is 15.3 Å². The summed E-state index contributed by atoms with van der Waals surface area (Å²) in [7, 11) is 1.93. The molecule has 1 atom stereocenters. The minimum Gasteiger partial charge on any atom is -0.341 e. The molecule has 2 aromatic rings. The topological polar surface area (TPSA) is 40.7 Å². The number of aromatic nitrogens is 2. The fourth-order valence-electron chi connectivity index (χ4n) is 1.72. The van der Waals surface area contributed by atoms with Crippen molar-refractivity contribution in [3.05, 3.63) is 29.0 Å². The zero-order valence-corrected chi connectivity index (χ0v) is 9.60. The standard InChI is InChI=1S/C11H14ClN3/c1-3-8(13-2)11-14-9-6-4-5-7(12)10(9)15-11/h4-6,8,13H,3H2,1-2H3,(H,14,15)/t8-/m1/s1. The highest BCUT2D eigenvalue weighted by Gasteiger charge is 2.12. The van der Waals surface area contributed by atoms with E-state index in [2.05, 4.69) is 22.2 Å². The Morgan fingerprint density at radius 3 is 2.93 bits per heavy atom. The highest BCUT2D eigenvalue weighted by molar-refractivity contribution is 6.34. The molecule has 0 spiro atoms. The Hall–Kier alpha value is -1.06. The Morgan fingerprint density at radius 2 is 2.33 bits per heavy atom. The summed E-state index contributed by atoms with van der Waals surface area (Å²) in [6, 6.07) is 6.02. The molecule has 1 aromatic heterocycles. The number of rotatable bonds is 3. The summed E-state index contributed by atoms with van der Waals surface area (Å²) in [5, 5.41) is 3.91. The second-order valence-electron chi connectivity index (χ2n) is 3.51. The van der Waals surface area contributed by atoms with E-state index in [9.17, 15) is 0 Å². The molecule has 3 nitrogen and oxygen atoms in total. The van der Waals surface area contributed by atoms with Crippen LogP contribution < -0.4 is 5.32 Å². The van der Waals surface area contributed by atoms with Gasteiger partial charge in [-0.1, -0.05) is 24.6 Å². The highest BCUT2D eigenvalue weighted by Crippen LogP contribution is 2.23. The van der Waals surface area contributed by atoms with Gasteiger partial charge in [-0.3, -0.25) is 0 Å². The van der Waals surface area contributed by atoms with E-state index >= 15 is 0 Å². The summed E-state index contributed by atoms with van der Waals surface area (Å²) in [5.74, 6) is 0.947. The predicted octanol–water partition coefficient (Wildman–Crippen LogP) is 2.89. The lowest BCUT2D eigenvalue weighted by Gasteiger charge is -2.09. The predicted molar refractivity (Wildman–Crippen MR) is 63.2 cm³/mol. The molecular weight excluding hydrogens is 210 g/mol. The number of hydrogen-bond donors (Lipinski definition) is 2. The molecule has 0 fully saturated rings. The number of para-hydroxylation sites is 1. The third-order valence-electron chi connectivity index (χ3n) is 2.57. The van der Waals surface area contributed by atoms with Crippen molar-refractivity contribution in [2.45, 2.75) is 19.4 Å². The Balaban J connectivity index is 2.51. The van der Waals surface area contributed by atoms with Crippen LogP contribution in [0.25, 0.3) is 11.0 Å². The normalized spacial score (nSPS) is 13.3. The smallest absolute Gasteiger partial charge is 0.124 e. The quantitative estimate of drug-likeness (QED) is 0.840. The van der Waals surface area contributed by atoms with Gasteiger partial charge in [0.1, 0.15) is 11.3 Å². The van der Waals surface area contributed by atoms with Crippen LogP contribution in [0.3, 0.4) is 0 Å². The van der Waals surface area contributed by atoms with Crippen molar-refractivity contribution >= 4 is 22.6 Å². The summed E-state index contributed by atoms with van der Waals surface area (Å²) in [5.41, 5.74) is 1.84. The third-order valence-corrected chi connectivity index (χ3v) is 2.87. The lowest BCUT2D eigenvalue weighted by Crippen LogP contribution is -2.16. The summed E-state index contributed by atoms with van der Waals surface area (Å²) >= 11 is 6.06. The molecular formula is C11H14ClN3. The van der Waals surface area contributed by atoms with E-state index < -0.39 is 0 Å². The average molecular weight is 224 g/mol. The number of hydrogen-bond acceptors (Lipinski definition) is 2. The number of halogens is 1.